The molecular weight excluding hydrogens is 236 g/mol. The number of primary amides is 1. The molecular formula is C11H16N4OS. The van der Waals surface area contributed by atoms with Crippen LogP contribution in [0, 0.1) is 11.8 Å². The van der Waals surface area contributed by atoms with Gasteiger partial charge in [0.25, 0.3) is 5.91 Å². The van der Waals surface area contributed by atoms with Crippen LogP contribution in [0.4, 0.5) is 10.8 Å². The Kier molecular flexibility index (Phi) is 2.47. The lowest BCUT2D eigenvalue weighted by Gasteiger charge is -2.23. The zero-order chi connectivity index (χ0) is 12.0. The highest BCUT2D eigenvalue weighted by atomic mass is 32.1. The van der Waals surface area contributed by atoms with Gasteiger partial charge in [-0.2, -0.15) is 4.37 Å². The van der Waals surface area contributed by atoms with Crippen LogP contribution in [0.15, 0.2) is 0 Å². The van der Waals surface area contributed by atoms with Gasteiger partial charge < -0.3 is 16.8 Å². The van der Waals surface area contributed by atoms with Crippen LogP contribution in [0.5, 0.6) is 0 Å². The summed E-state index contributed by atoms with van der Waals surface area (Å²) in [5, 5.41) is 4.16. The number of rotatable bonds is 3. The third-order valence-corrected chi connectivity index (χ3v) is 4.81. The van der Waals surface area contributed by atoms with Crippen molar-refractivity contribution in [1.82, 2.24) is 4.37 Å². The molecule has 1 aromatic heterocycles. The number of anilines is 2. The van der Waals surface area contributed by atoms with Crippen LogP contribution in [0.3, 0.4) is 0 Å². The Bertz CT molecular complexity index is 458. The SMILES string of the molecule is NC(=O)c1c(N)nsc1NC1CC2CCC1C2. The van der Waals surface area contributed by atoms with Gasteiger partial charge in [-0.1, -0.05) is 6.42 Å². The average molecular weight is 252 g/mol. The van der Waals surface area contributed by atoms with E-state index in [0.29, 0.717) is 11.6 Å². The molecule has 1 aromatic rings. The fourth-order valence-corrected chi connectivity index (χ4v) is 4.01. The van der Waals surface area contributed by atoms with Crippen LogP contribution < -0.4 is 16.8 Å². The molecule has 0 spiro atoms. The van der Waals surface area contributed by atoms with E-state index in [4.69, 9.17) is 11.5 Å². The summed E-state index contributed by atoms with van der Waals surface area (Å²) in [5.74, 6) is 1.35. The number of nitrogen functional groups attached to an aromatic ring is 1. The topological polar surface area (TPSA) is 94.0 Å². The van der Waals surface area contributed by atoms with Gasteiger partial charge in [-0.25, -0.2) is 0 Å². The summed E-state index contributed by atoms with van der Waals surface area (Å²) in [7, 11) is 0. The first kappa shape index (κ1) is 10.8. The molecule has 3 atom stereocenters. The molecule has 2 aliphatic carbocycles. The van der Waals surface area contributed by atoms with Gasteiger partial charge in [-0.3, -0.25) is 4.79 Å². The van der Waals surface area contributed by atoms with E-state index in [-0.39, 0.29) is 5.82 Å². The number of aromatic nitrogens is 1. The van der Waals surface area contributed by atoms with Gasteiger partial charge in [-0.15, -0.1) is 0 Å². The number of hydrogen-bond acceptors (Lipinski definition) is 5. The Balaban J connectivity index is 1.79. The fraction of sp³-hybridized carbons (Fsp3) is 0.636. The maximum atomic E-state index is 11.3. The van der Waals surface area contributed by atoms with Crippen LogP contribution in [0.2, 0.25) is 0 Å². The molecule has 6 heteroatoms. The van der Waals surface area contributed by atoms with Gasteiger partial charge in [0.1, 0.15) is 10.6 Å². The lowest BCUT2D eigenvalue weighted by Crippen LogP contribution is -2.26. The summed E-state index contributed by atoms with van der Waals surface area (Å²) in [6.07, 6.45) is 5.16. The molecule has 92 valence electrons. The number of amides is 1. The standard InChI is InChI=1S/C11H16N4OS/c12-9-8(10(13)16)11(17-15-9)14-7-4-5-1-2-6(7)3-5/h5-7,14H,1-4H2,(H2,12,15)(H2,13,16). The van der Waals surface area contributed by atoms with E-state index in [1.54, 1.807) is 0 Å². The average Bonchev–Trinajstić information content (AvgIpc) is 2.93. The van der Waals surface area contributed by atoms with E-state index < -0.39 is 5.91 Å². The van der Waals surface area contributed by atoms with E-state index in [2.05, 4.69) is 9.69 Å². The first-order valence-electron chi connectivity index (χ1n) is 5.96. The summed E-state index contributed by atoms with van der Waals surface area (Å²) in [5.41, 5.74) is 11.3. The minimum absolute atomic E-state index is 0.244. The van der Waals surface area contributed by atoms with Crippen molar-refractivity contribution in [2.75, 3.05) is 11.1 Å². The van der Waals surface area contributed by atoms with Gasteiger partial charge in [-0.05, 0) is 42.6 Å². The first-order valence-corrected chi connectivity index (χ1v) is 6.74. The van der Waals surface area contributed by atoms with E-state index >= 15 is 0 Å². The molecule has 0 aromatic carbocycles. The Morgan fingerprint density at radius 1 is 1.41 bits per heavy atom. The van der Waals surface area contributed by atoms with Crippen molar-refractivity contribution >= 4 is 28.3 Å². The summed E-state index contributed by atoms with van der Waals surface area (Å²) in [4.78, 5) is 11.3. The minimum Gasteiger partial charge on any atom is -0.382 e. The van der Waals surface area contributed by atoms with Crippen LogP contribution in [0.25, 0.3) is 0 Å². The number of carbonyl (C=O) groups is 1. The van der Waals surface area contributed by atoms with Crippen molar-refractivity contribution < 1.29 is 4.79 Å². The molecule has 2 bridgehead atoms. The van der Waals surface area contributed by atoms with Crippen LogP contribution in [-0.4, -0.2) is 16.3 Å². The Hall–Kier alpha value is -1.30. The van der Waals surface area contributed by atoms with Crippen molar-refractivity contribution in [3.8, 4) is 0 Å². The molecule has 3 rings (SSSR count). The molecule has 0 aliphatic heterocycles. The lowest BCUT2D eigenvalue weighted by atomic mass is 9.95. The number of nitrogens with two attached hydrogens (primary N) is 2. The lowest BCUT2D eigenvalue weighted by molar-refractivity contribution is 0.100. The van der Waals surface area contributed by atoms with Crippen molar-refractivity contribution in [2.24, 2.45) is 17.6 Å². The van der Waals surface area contributed by atoms with Crippen LogP contribution in [-0.2, 0) is 0 Å². The minimum atomic E-state index is -0.498. The maximum Gasteiger partial charge on any atom is 0.255 e. The van der Waals surface area contributed by atoms with Gasteiger partial charge in [0, 0.05) is 6.04 Å². The number of fused-ring (bicyclic) bond motifs is 2. The quantitative estimate of drug-likeness (QED) is 0.758. The highest BCUT2D eigenvalue weighted by molar-refractivity contribution is 7.11. The molecule has 0 radical (unpaired) electrons. The van der Waals surface area contributed by atoms with Gasteiger partial charge >= 0.3 is 0 Å². The monoisotopic (exact) mass is 252 g/mol. The van der Waals surface area contributed by atoms with Crippen LogP contribution >= 0.6 is 11.5 Å². The smallest absolute Gasteiger partial charge is 0.255 e. The predicted molar refractivity (Wildman–Crippen MR) is 67.9 cm³/mol. The maximum absolute atomic E-state index is 11.3. The van der Waals surface area contributed by atoms with Crippen LogP contribution in [0.1, 0.15) is 36.0 Å². The molecule has 2 fully saturated rings. The molecule has 1 heterocycles. The van der Waals surface area contributed by atoms with E-state index in [1.807, 2.05) is 0 Å². The first-order chi connectivity index (χ1) is 8.15. The second-order valence-corrected chi connectivity index (χ2v) is 5.84. The summed E-state index contributed by atoms with van der Waals surface area (Å²) < 4.78 is 4.00. The molecule has 2 saturated carbocycles. The molecule has 17 heavy (non-hydrogen) atoms. The molecule has 5 nitrogen and oxygen atoms in total. The normalized spacial score (nSPS) is 30.7. The summed E-state index contributed by atoms with van der Waals surface area (Å²) in [6.45, 7) is 0. The van der Waals surface area contributed by atoms with Crippen molar-refractivity contribution in [2.45, 2.75) is 31.7 Å². The van der Waals surface area contributed by atoms with E-state index in [9.17, 15) is 4.79 Å². The van der Waals surface area contributed by atoms with Gasteiger partial charge in [0.15, 0.2) is 5.82 Å². The molecule has 5 N–H and O–H groups in total. The Labute approximate surface area is 104 Å². The zero-order valence-electron chi connectivity index (χ0n) is 9.48. The second kappa shape index (κ2) is 3.87. The molecule has 0 saturated heterocycles. The summed E-state index contributed by atoms with van der Waals surface area (Å²) >= 11 is 1.23. The van der Waals surface area contributed by atoms with E-state index in [1.165, 1.54) is 37.2 Å². The molecule has 3 unspecified atom stereocenters. The number of nitrogens with one attached hydrogen (secondary N) is 1. The van der Waals surface area contributed by atoms with Crippen molar-refractivity contribution in [1.29, 1.82) is 0 Å². The highest BCUT2D eigenvalue weighted by Gasteiger charge is 2.40. The van der Waals surface area contributed by atoms with Gasteiger partial charge in [0.2, 0.25) is 0 Å². The predicted octanol–water partition coefficient (Wildman–Crippen LogP) is 1.42. The third-order valence-electron chi connectivity index (χ3n) is 4.02. The molecule has 2 aliphatic rings. The third kappa shape index (κ3) is 1.76. The number of carbonyl (C=O) groups excluding carboxylic acids is 1. The largest absolute Gasteiger partial charge is 0.382 e. The Morgan fingerprint density at radius 3 is 2.82 bits per heavy atom. The summed E-state index contributed by atoms with van der Waals surface area (Å²) in [6, 6.07) is 0.465. The number of nitrogens with zero attached hydrogens (tertiary/aromatic N) is 1. The van der Waals surface area contributed by atoms with Crippen molar-refractivity contribution in [3.05, 3.63) is 5.56 Å². The zero-order valence-corrected chi connectivity index (χ0v) is 10.3. The molecule has 1 amide bonds. The van der Waals surface area contributed by atoms with E-state index in [0.717, 1.165) is 16.8 Å². The van der Waals surface area contributed by atoms with Crippen molar-refractivity contribution in [3.63, 3.8) is 0 Å². The van der Waals surface area contributed by atoms with Gasteiger partial charge in [0.05, 0.1) is 0 Å². The fourth-order valence-electron chi connectivity index (χ4n) is 3.23. The second-order valence-electron chi connectivity index (χ2n) is 5.06. The highest BCUT2D eigenvalue weighted by Crippen LogP contribution is 2.46. The number of hydrogen-bond donors (Lipinski definition) is 3. The Morgan fingerprint density at radius 2 is 2.24 bits per heavy atom.